The van der Waals surface area contributed by atoms with Crippen LogP contribution in [0.15, 0.2) is 29.2 Å². The Morgan fingerprint density at radius 2 is 1.81 bits per heavy atom. The summed E-state index contributed by atoms with van der Waals surface area (Å²) in [6.07, 6.45) is 1.54. The van der Waals surface area contributed by atoms with Crippen LogP contribution in [-0.2, 0) is 14.8 Å². The first-order valence-corrected chi connectivity index (χ1v) is 8.37. The Labute approximate surface area is 125 Å². The Kier molecular flexibility index (Phi) is 6.64. The molecule has 0 unspecified atom stereocenters. The number of hydrogen-bond donors (Lipinski definition) is 3. The minimum absolute atomic E-state index is 0.151. The molecule has 0 fully saturated rings. The Balaban J connectivity index is 2.49. The monoisotopic (exact) mass is 314 g/mol. The molecular weight excluding hydrogens is 292 g/mol. The number of unbranched alkanes of at least 4 members (excludes halogenated alkanes) is 1. The van der Waals surface area contributed by atoms with Crippen LogP contribution in [0, 0.1) is 0 Å². The van der Waals surface area contributed by atoms with E-state index in [0.29, 0.717) is 13.0 Å². The fraction of sp³-hybridized carbons (Fsp3) is 0.500. The largest absolute Gasteiger partial charge is 0.481 e. The lowest BCUT2D eigenvalue weighted by atomic mass is 10.2. The first-order chi connectivity index (χ1) is 9.81. The zero-order chi connectivity index (χ0) is 15.9. The number of rotatable bonds is 9. The van der Waals surface area contributed by atoms with Crippen LogP contribution in [0.25, 0.3) is 0 Å². The van der Waals surface area contributed by atoms with Gasteiger partial charge in [0.1, 0.15) is 0 Å². The van der Waals surface area contributed by atoms with Crippen molar-refractivity contribution in [3.63, 3.8) is 0 Å². The van der Waals surface area contributed by atoms with Gasteiger partial charge in [0.05, 0.1) is 4.90 Å². The van der Waals surface area contributed by atoms with E-state index < -0.39 is 16.0 Å². The normalized spacial score (nSPS) is 11.6. The maximum absolute atomic E-state index is 11.9. The topological polar surface area (TPSA) is 95.5 Å². The van der Waals surface area contributed by atoms with Gasteiger partial charge in [-0.3, -0.25) is 4.79 Å². The third-order valence-electron chi connectivity index (χ3n) is 2.70. The summed E-state index contributed by atoms with van der Waals surface area (Å²) in [5, 5.41) is 11.6. The van der Waals surface area contributed by atoms with Gasteiger partial charge in [0.15, 0.2) is 0 Å². The molecular formula is C14H22N2O4S. The fourth-order valence-electron chi connectivity index (χ4n) is 1.76. The van der Waals surface area contributed by atoms with Crippen LogP contribution in [0.5, 0.6) is 0 Å². The lowest BCUT2D eigenvalue weighted by Crippen LogP contribution is -2.30. The van der Waals surface area contributed by atoms with E-state index in [1.807, 2.05) is 0 Å². The fourth-order valence-corrected chi connectivity index (χ4v) is 3.02. The van der Waals surface area contributed by atoms with E-state index in [2.05, 4.69) is 10.0 Å². The quantitative estimate of drug-likeness (QED) is 0.606. The maximum Gasteiger partial charge on any atom is 0.303 e. The van der Waals surface area contributed by atoms with Crippen molar-refractivity contribution in [3.05, 3.63) is 24.3 Å². The molecule has 118 valence electrons. The van der Waals surface area contributed by atoms with E-state index in [9.17, 15) is 13.2 Å². The van der Waals surface area contributed by atoms with Crippen molar-refractivity contribution in [2.24, 2.45) is 0 Å². The van der Waals surface area contributed by atoms with E-state index in [1.54, 1.807) is 38.1 Å². The molecule has 0 bridgehead atoms. The lowest BCUT2D eigenvalue weighted by Gasteiger charge is -2.10. The molecule has 0 radical (unpaired) electrons. The third-order valence-corrected chi connectivity index (χ3v) is 4.38. The van der Waals surface area contributed by atoms with Gasteiger partial charge in [-0.1, -0.05) is 0 Å². The van der Waals surface area contributed by atoms with Gasteiger partial charge in [-0.25, -0.2) is 13.1 Å². The molecule has 1 aromatic rings. The Bertz CT molecular complexity index is 553. The van der Waals surface area contributed by atoms with Gasteiger partial charge in [0.2, 0.25) is 10.0 Å². The molecule has 1 rings (SSSR count). The maximum atomic E-state index is 11.9. The van der Waals surface area contributed by atoms with Crippen LogP contribution in [0.2, 0.25) is 0 Å². The van der Waals surface area contributed by atoms with Crippen LogP contribution in [0.3, 0.4) is 0 Å². The standard InChI is InChI=1S/C14H22N2O4S/c1-11(2)16-21(19,20)13-8-6-12(7-9-13)15-10-4-3-5-14(17)18/h6-9,11,15-16H,3-5,10H2,1-2H3,(H,17,18). The minimum atomic E-state index is -3.46. The molecule has 0 atom stereocenters. The van der Waals surface area contributed by atoms with Gasteiger partial charge < -0.3 is 10.4 Å². The molecule has 7 heteroatoms. The highest BCUT2D eigenvalue weighted by Crippen LogP contribution is 2.14. The molecule has 0 amide bonds. The molecule has 0 aromatic heterocycles. The second-order valence-corrected chi connectivity index (χ2v) is 6.79. The number of nitrogens with one attached hydrogen (secondary N) is 2. The van der Waals surface area contributed by atoms with Crippen molar-refractivity contribution in [1.29, 1.82) is 0 Å². The highest BCUT2D eigenvalue weighted by molar-refractivity contribution is 7.89. The zero-order valence-electron chi connectivity index (χ0n) is 12.3. The summed E-state index contributed by atoms with van der Waals surface area (Å²) in [5.41, 5.74) is 0.814. The number of aliphatic carboxylic acids is 1. The molecule has 0 aliphatic carbocycles. The summed E-state index contributed by atoms with van der Waals surface area (Å²) in [4.78, 5) is 10.6. The van der Waals surface area contributed by atoms with E-state index in [1.165, 1.54) is 0 Å². The van der Waals surface area contributed by atoms with Gasteiger partial charge in [0, 0.05) is 24.7 Å². The van der Waals surface area contributed by atoms with Gasteiger partial charge in [-0.15, -0.1) is 0 Å². The molecule has 0 saturated heterocycles. The van der Waals surface area contributed by atoms with Gasteiger partial charge in [-0.2, -0.15) is 0 Å². The van der Waals surface area contributed by atoms with Crippen LogP contribution in [-0.4, -0.2) is 32.1 Å². The SMILES string of the molecule is CC(C)NS(=O)(=O)c1ccc(NCCCCC(=O)O)cc1. The van der Waals surface area contributed by atoms with Crippen molar-refractivity contribution in [2.75, 3.05) is 11.9 Å². The highest BCUT2D eigenvalue weighted by atomic mass is 32.2. The van der Waals surface area contributed by atoms with Crippen LogP contribution in [0.1, 0.15) is 33.1 Å². The van der Waals surface area contributed by atoms with Crippen molar-refractivity contribution < 1.29 is 18.3 Å². The summed E-state index contributed by atoms with van der Waals surface area (Å²) in [6.45, 7) is 4.19. The molecule has 0 aliphatic rings. The van der Waals surface area contributed by atoms with E-state index in [0.717, 1.165) is 12.1 Å². The van der Waals surface area contributed by atoms with E-state index >= 15 is 0 Å². The molecule has 6 nitrogen and oxygen atoms in total. The zero-order valence-corrected chi connectivity index (χ0v) is 13.1. The molecule has 3 N–H and O–H groups in total. The molecule has 0 heterocycles. The molecule has 0 aliphatic heterocycles. The van der Waals surface area contributed by atoms with Gasteiger partial charge >= 0.3 is 5.97 Å². The van der Waals surface area contributed by atoms with Crippen LogP contribution in [0.4, 0.5) is 5.69 Å². The smallest absolute Gasteiger partial charge is 0.303 e. The predicted molar refractivity (Wildman–Crippen MR) is 81.9 cm³/mol. The van der Waals surface area contributed by atoms with Crippen molar-refractivity contribution >= 4 is 21.7 Å². The second-order valence-electron chi connectivity index (χ2n) is 5.08. The first kappa shape index (κ1) is 17.5. The number of carboxylic acid groups (broad SMARTS) is 1. The van der Waals surface area contributed by atoms with Crippen molar-refractivity contribution in [1.82, 2.24) is 4.72 Å². The van der Waals surface area contributed by atoms with Crippen molar-refractivity contribution in [3.8, 4) is 0 Å². The summed E-state index contributed by atoms with van der Waals surface area (Å²) >= 11 is 0. The number of benzene rings is 1. The molecule has 1 aromatic carbocycles. The number of hydrogen-bond acceptors (Lipinski definition) is 4. The number of carbonyl (C=O) groups is 1. The lowest BCUT2D eigenvalue weighted by molar-refractivity contribution is -0.137. The first-order valence-electron chi connectivity index (χ1n) is 6.89. The Morgan fingerprint density at radius 1 is 1.19 bits per heavy atom. The van der Waals surface area contributed by atoms with Gasteiger partial charge in [-0.05, 0) is 51.0 Å². The number of carboxylic acids is 1. The average Bonchev–Trinajstić information content (AvgIpc) is 2.37. The molecule has 0 spiro atoms. The molecule has 0 saturated carbocycles. The number of sulfonamides is 1. The average molecular weight is 314 g/mol. The highest BCUT2D eigenvalue weighted by Gasteiger charge is 2.14. The Morgan fingerprint density at radius 3 is 2.33 bits per heavy atom. The summed E-state index contributed by atoms with van der Waals surface area (Å²) in [5.74, 6) is -0.790. The van der Waals surface area contributed by atoms with Gasteiger partial charge in [0.25, 0.3) is 0 Å². The Hall–Kier alpha value is -1.60. The van der Waals surface area contributed by atoms with Crippen molar-refractivity contribution in [2.45, 2.75) is 44.0 Å². The van der Waals surface area contributed by atoms with Crippen LogP contribution < -0.4 is 10.0 Å². The summed E-state index contributed by atoms with van der Waals surface area (Å²) in [7, 11) is -3.46. The predicted octanol–water partition coefficient (Wildman–Crippen LogP) is 2.04. The van der Waals surface area contributed by atoms with E-state index in [4.69, 9.17) is 5.11 Å². The van der Waals surface area contributed by atoms with Crippen LogP contribution >= 0.6 is 0 Å². The minimum Gasteiger partial charge on any atom is -0.481 e. The third kappa shape index (κ3) is 6.59. The van der Waals surface area contributed by atoms with E-state index in [-0.39, 0.29) is 17.4 Å². The second kappa shape index (κ2) is 7.99. The summed E-state index contributed by atoms with van der Waals surface area (Å²) < 4.78 is 26.4. The number of anilines is 1. The summed E-state index contributed by atoms with van der Waals surface area (Å²) in [6, 6.07) is 6.34. The molecule has 21 heavy (non-hydrogen) atoms.